The number of esters is 1. The molecule has 5 aromatic rings. The van der Waals surface area contributed by atoms with E-state index in [2.05, 4.69) is 15.6 Å². The summed E-state index contributed by atoms with van der Waals surface area (Å²) in [6.07, 6.45) is 2.59. The number of carbonyl (C=O) groups excluding carboxylic acids is 2. The number of hydrogen-bond acceptors (Lipinski definition) is 13. The molecule has 3 heterocycles. The standard InChI is InChI=1S/C41H47ClN4O9S2/c1-46(17-5-16-44-26-8-10-27(11-9-26)55-40(51)41(52,35-6-3-18-56-35)36-7-4-19-57-36)38(50)24-54-34-21-33(53-2)25(20-30(34)42)22-43-23-32(48)28-12-14-31(47)39-29(28)13-15-37(49)45-39/h3-4,6-7,12-15,18-21,26-27,32,43-44,47-48,52H,5,8-11,16-17,22-24H2,1-2H3,(H,45,49)/t26?,27?,32-/m0/s1. The van der Waals surface area contributed by atoms with Gasteiger partial charge in [0.15, 0.2) is 6.61 Å². The highest BCUT2D eigenvalue weighted by Gasteiger charge is 2.45. The second kappa shape index (κ2) is 19.3. The summed E-state index contributed by atoms with van der Waals surface area (Å²) in [5.41, 5.74) is -0.649. The largest absolute Gasteiger partial charge is 0.506 e. The van der Waals surface area contributed by atoms with Gasteiger partial charge in [-0.2, -0.15) is 0 Å². The molecule has 16 heteroatoms. The van der Waals surface area contributed by atoms with Gasteiger partial charge in [0.25, 0.3) is 5.91 Å². The number of likely N-dealkylation sites (N-methyl/N-ethyl adjacent to an activating group) is 1. The molecular weight excluding hydrogens is 792 g/mol. The number of ether oxygens (including phenoxy) is 3. The summed E-state index contributed by atoms with van der Waals surface area (Å²) in [7, 11) is 3.24. The number of hydrogen-bond donors (Lipinski definition) is 6. The van der Waals surface area contributed by atoms with E-state index in [1.807, 2.05) is 22.9 Å². The number of pyridine rings is 1. The maximum absolute atomic E-state index is 13.3. The third-order valence-electron chi connectivity index (χ3n) is 10.1. The number of aliphatic hydroxyl groups is 2. The summed E-state index contributed by atoms with van der Waals surface area (Å²) in [5, 5.41) is 43.8. The molecule has 304 valence electrons. The second-order valence-corrected chi connectivity index (χ2v) is 16.3. The van der Waals surface area contributed by atoms with E-state index < -0.39 is 17.7 Å². The van der Waals surface area contributed by atoms with Gasteiger partial charge in [-0.25, -0.2) is 4.79 Å². The molecule has 0 bridgehead atoms. The smallest absolute Gasteiger partial charge is 0.349 e. The molecule has 1 saturated carbocycles. The van der Waals surface area contributed by atoms with Gasteiger partial charge in [0.1, 0.15) is 23.4 Å². The number of phenols is 1. The van der Waals surface area contributed by atoms with Crippen molar-refractivity contribution in [2.75, 3.05) is 40.4 Å². The summed E-state index contributed by atoms with van der Waals surface area (Å²) in [4.78, 5) is 43.3. The highest BCUT2D eigenvalue weighted by Crippen LogP contribution is 2.38. The molecule has 1 fully saturated rings. The number of amides is 1. The van der Waals surface area contributed by atoms with Gasteiger partial charge in [-0.1, -0.05) is 29.8 Å². The van der Waals surface area contributed by atoms with Crippen LogP contribution in [0.25, 0.3) is 10.9 Å². The number of thiophene rings is 2. The number of aliphatic hydroxyl groups excluding tert-OH is 1. The maximum atomic E-state index is 13.3. The zero-order valence-corrected chi connectivity index (χ0v) is 34.1. The zero-order valence-electron chi connectivity index (χ0n) is 31.7. The van der Waals surface area contributed by atoms with E-state index in [0.29, 0.717) is 75.3 Å². The lowest BCUT2D eigenvalue weighted by Gasteiger charge is -2.32. The lowest BCUT2D eigenvalue weighted by Crippen LogP contribution is -2.42. The molecule has 1 aliphatic rings. The number of aromatic hydroxyl groups is 1. The minimum atomic E-state index is -1.81. The van der Waals surface area contributed by atoms with Crippen LogP contribution >= 0.6 is 34.3 Å². The fourth-order valence-corrected chi connectivity index (χ4v) is 8.88. The van der Waals surface area contributed by atoms with Crippen molar-refractivity contribution in [1.82, 2.24) is 20.5 Å². The fourth-order valence-electron chi connectivity index (χ4n) is 6.93. The van der Waals surface area contributed by atoms with Crippen LogP contribution in [0.4, 0.5) is 0 Å². The fraction of sp³-hybridized carbons (Fsp3) is 0.390. The van der Waals surface area contributed by atoms with Crippen LogP contribution in [-0.4, -0.2) is 89.6 Å². The van der Waals surface area contributed by atoms with Gasteiger partial charge in [-0.3, -0.25) is 9.59 Å². The molecule has 3 aromatic heterocycles. The molecule has 0 radical (unpaired) electrons. The van der Waals surface area contributed by atoms with E-state index in [0.717, 1.165) is 19.3 Å². The first kappa shape index (κ1) is 42.1. The number of phenolic OH excluding ortho intramolecular Hbond substituents is 1. The molecule has 0 unspecified atom stereocenters. The number of benzene rings is 2. The van der Waals surface area contributed by atoms with Crippen LogP contribution in [0.1, 0.15) is 59.1 Å². The van der Waals surface area contributed by atoms with Gasteiger partial charge < -0.3 is 50.0 Å². The highest BCUT2D eigenvalue weighted by atomic mass is 35.5. The number of carbonyl (C=O) groups is 2. The minimum absolute atomic E-state index is 0.0835. The van der Waals surface area contributed by atoms with Crippen molar-refractivity contribution < 1.29 is 39.1 Å². The average Bonchev–Trinajstić information content (AvgIpc) is 3.96. The number of nitrogens with zero attached hydrogens (tertiary/aromatic N) is 1. The third kappa shape index (κ3) is 10.2. The summed E-state index contributed by atoms with van der Waals surface area (Å²) in [6.45, 7) is 1.49. The summed E-state index contributed by atoms with van der Waals surface area (Å²) in [6, 6.07) is 16.7. The van der Waals surface area contributed by atoms with Crippen LogP contribution in [0.2, 0.25) is 5.02 Å². The number of H-pyrrole nitrogens is 1. The van der Waals surface area contributed by atoms with E-state index in [9.17, 15) is 29.7 Å². The molecule has 1 aliphatic carbocycles. The van der Waals surface area contributed by atoms with Crippen molar-refractivity contribution in [3.8, 4) is 17.2 Å². The van der Waals surface area contributed by atoms with Crippen LogP contribution in [0, 0.1) is 0 Å². The Morgan fingerprint density at radius 2 is 1.75 bits per heavy atom. The molecule has 6 N–H and O–H groups in total. The SMILES string of the molecule is COc1cc(OCC(=O)N(C)CCCNC2CCC(OC(=O)C(O)(c3cccs3)c3cccs3)CC2)c(Cl)cc1CNC[C@H](O)c1ccc(O)c2[nH]c(=O)ccc12. The van der Waals surface area contributed by atoms with Gasteiger partial charge in [-0.15, -0.1) is 22.7 Å². The van der Waals surface area contributed by atoms with Crippen LogP contribution in [0.5, 0.6) is 17.2 Å². The van der Waals surface area contributed by atoms with E-state index in [-0.39, 0.29) is 48.0 Å². The lowest BCUT2D eigenvalue weighted by molar-refractivity contribution is -0.169. The molecule has 6 rings (SSSR count). The van der Waals surface area contributed by atoms with Crippen molar-refractivity contribution in [2.24, 2.45) is 0 Å². The molecule has 1 amide bonds. The number of nitrogens with one attached hydrogen (secondary N) is 3. The molecule has 0 saturated heterocycles. The Hall–Kier alpha value is -4.48. The number of rotatable bonds is 18. The minimum Gasteiger partial charge on any atom is -0.506 e. The maximum Gasteiger partial charge on any atom is 0.349 e. The Bertz CT molecular complexity index is 2140. The third-order valence-corrected chi connectivity index (χ3v) is 12.4. The van der Waals surface area contributed by atoms with E-state index in [1.165, 1.54) is 41.9 Å². The Morgan fingerprint density at radius 1 is 1.04 bits per heavy atom. The predicted octanol–water partition coefficient (Wildman–Crippen LogP) is 5.45. The summed E-state index contributed by atoms with van der Waals surface area (Å²) in [5.74, 6) is -0.137. The first-order valence-electron chi connectivity index (χ1n) is 18.7. The van der Waals surface area contributed by atoms with E-state index in [4.69, 9.17) is 25.8 Å². The van der Waals surface area contributed by atoms with Crippen molar-refractivity contribution in [3.05, 3.63) is 108 Å². The van der Waals surface area contributed by atoms with E-state index >= 15 is 0 Å². The summed E-state index contributed by atoms with van der Waals surface area (Å²) >= 11 is 9.20. The van der Waals surface area contributed by atoms with Gasteiger partial charge in [0.2, 0.25) is 11.2 Å². The van der Waals surface area contributed by atoms with Gasteiger partial charge in [-0.05, 0) is 85.3 Å². The number of methoxy groups -OCH3 is 1. The molecule has 57 heavy (non-hydrogen) atoms. The van der Waals surface area contributed by atoms with Crippen LogP contribution in [-0.2, 0) is 26.5 Å². The molecule has 13 nitrogen and oxygen atoms in total. The molecule has 2 aromatic carbocycles. The predicted molar refractivity (Wildman–Crippen MR) is 220 cm³/mol. The van der Waals surface area contributed by atoms with Crippen molar-refractivity contribution >= 4 is 57.1 Å². The average molecular weight is 839 g/mol. The highest BCUT2D eigenvalue weighted by molar-refractivity contribution is 7.12. The van der Waals surface area contributed by atoms with Crippen LogP contribution in [0.15, 0.2) is 76.2 Å². The van der Waals surface area contributed by atoms with Gasteiger partial charge in [0, 0.05) is 55.8 Å². The second-order valence-electron chi connectivity index (χ2n) is 14.0. The summed E-state index contributed by atoms with van der Waals surface area (Å²) < 4.78 is 17.2. The molecule has 1 atom stereocenters. The van der Waals surface area contributed by atoms with Crippen molar-refractivity contribution in [3.63, 3.8) is 0 Å². The van der Waals surface area contributed by atoms with E-state index in [1.54, 1.807) is 48.3 Å². The lowest BCUT2D eigenvalue weighted by atomic mass is 9.92. The zero-order chi connectivity index (χ0) is 40.5. The number of halogens is 1. The molecule has 0 spiro atoms. The van der Waals surface area contributed by atoms with Gasteiger partial charge >= 0.3 is 5.97 Å². The Morgan fingerprint density at radius 3 is 2.42 bits per heavy atom. The molecular formula is C41H47ClN4O9S2. The first-order valence-corrected chi connectivity index (χ1v) is 20.8. The number of fused-ring (bicyclic) bond motifs is 1. The quantitative estimate of drug-likeness (QED) is 0.0488. The van der Waals surface area contributed by atoms with Gasteiger partial charge in [0.05, 0.1) is 33.5 Å². The van der Waals surface area contributed by atoms with Crippen LogP contribution in [0.3, 0.4) is 0 Å². The van der Waals surface area contributed by atoms with Crippen molar-refractivity contribution in [2.45, 2.75) is 62.5 Å². The first-order chi connectivity index (χ1) is 27.5. The van der Waals surface area contributed by atoms with Crippen molar-refractivity contribution in [1.29, 1.82) is 0 Å². The normalized spacial score (nSPS) is 16.3. The Labute approximate surface area is 343 Å². The Kier molecular flexibility index (Phi) is 14.3. The monoisotopic (exact) mass is 838 g/mol. The van der Waals surface area contributed by atoms with Crippen LogP contribution < -0.4 is 25.7 Å². The Balaban J connectivity index is 0.897. The topological polar surface area (TPSA) is 183 Å². The molecule has 0 aliphatic heterocycles. The number of aromatic amines is 1. The number of aromatic nitrogens is 1.